The van der Waals surface area contributed by atoms with Crippen molar-refractivity contribution >= 4 is 16.6 Å². The highest BCUT2D eigenvalue weighted by Crippen LogP contribution is 2.29. The van der Waals surface area contributed by atoms with Crippen molar-refractivity contribution in [2.75, 3.05) is 20.6 Å². The van der Waals surface area contributed by atoms with Crippen LogP contribution < -0.4 is 5.56 Å². The average molecular weight is 361 g/mol. The number of rotatable bonds is 5. The molecule has 6 heteroatoms. The molecule has 138 valence electrons. The normalized spacial score (nSPS) is 11.7. The molecule has 6 nitrogen and oxygen atoms in total. The van der Waals surface area contributed by atoms with Crippen molar-refractivity contribution in [1.29, 1.82) is 0 Å². The average Bonchev–Trinajstić information content (AvgIpc) is 3.07. The van der Waals surface area contributed by atoms with Crippen LogP contribution in [-0.4, -0.2) is 44.7 Å². The summed E-state index contributed by atoms with van der Waals surface area (Å²) < 4.78 is 3.55. The van der Waals surface area contributed by atoms with Crippen LogP contribution >= 0.6 is 0 Å². The second kappa shape index (κ2) is 6.96. The molecular formula is C21H23N5O. The Bertz CT molecular complexity index is 1160. The molecule has 0 fully saturated rings. The maximum Gasteiger partial charge on any atom is 0.261 e. The summed E-state index contributed by atoms with van der Waals surface area (Å²) in [5, 5.41) is 5.37. The van der Waals surface area contributed by atoms with E-state index in [-0.39, 0.29) is 5.56 Å². The largest absolute Gasteiger partial charge is 0.314 e. The minimum atomic E-state index is -0.0291. The highest BCUT2D eigenvalue weighted by Gasteiger charge is 2.17. The molecule has 0 amide bonds. The third kappa shape index (κ3) is 3.02. The standard InChI is InChI=1S/C21H23N5O/c1-4-17-19(15-8-6-5-7-9-15)20-22-14-16-18(26(20)23-17)10-11-25(21(16)27)13-12-24(2)3/h5-11,14H,4,12-13H2,1-3H3. The van der Waals surface area contributed by atoms with Gasteiger partial charge in [-0.05, 0) is 32.1 Å². The number of hydrogen-bond acceptors (Lipinski definition) is 4. The highest BCUT2D eigenvalue weighted by atomic mass is 16.1. The molecule has 0 aliphatic heterocycles. The minimum absolute atomic E-state index is 0.0291. The number of likely N-dealkylation sites (N-methyl/N-ethyl adjacent to an activating group) is 1. The van der Waals surface area contributed by atoms with Crippen LogP contribution in [0.1, 0.15) is 12.6 Å². The van der Waals surface area contributed by atoms with Gasteiger partial charge in [0.1, 0.15) is 0 Å². The Morgan fingerprint density at radius 3 is 2.59 bits per heavy atom. The summed E-state index contributed by atoms with van der Waals surface area (Å²) in [6.07, 6.45) is 4.34. The quantitative estimate of drug-likeness (QED) is 0.548. The number of pyridine rings is 1. The van der Waals surface area contributed by atoms with Gasteiger partial charge in [0.25, 0.3) is 5.56 Å². The lowest BCUT2D eigenvalue weighted by molar-refractivity contribution is 0.381. The minimum Gasteiger partial charge on any atom is -0.314 e. The maximum atomic E-state index is 12.9. The Labute approximate surface area is 157 Å². The molecule has 0 N–H and O–H groups in total. The van der Waals surface area contributed by atoms with E-state index in [1.54, 1.807) is 10.8 Å². The third-order valence-corrected chi connectivity index (χ3v) is 4.84. The van der Waals surface area contributed by atoms with Crippen molar-refractivity contribution in [3.8, 4) is 11.1 Å². The van der Waals surface area contributed by atoms with E-state index in [1.807, 2.05) is 49.1 Å². The van der Waals surface area contributed by atoms with E-state index in [0.717, 1.165) is 41.0 Å². The molecule has 1 aromatic carbocycles. The summed E-state index contributed by atoms with van der Waals surface area (Å²) in [6, 6.07) is 12.1. The fraction of sp³-hybridized carbons (Fsp3) is 0.286. The van der Waals surface area contributed by atoms with Gasteiger partial charge in [-0.25, -0.2) is 9.50 Å². The molecule has 4 aromatic rings. The molecule has 3 heterocycles. The summed E-state index contributed by atoms with van der Waals surface area (Å²) in [7, 11) is 4.00. The van der Waals surface area contributed by atoms with Crippen molar-refractivity contribution in [3.63, 3.8) is 0 Å². The third-order valence-electron chi connectivity index (χ3n) is 4.84. The van der Waals surface area contributed by atoms with E-state index in [4.69, 9.17) is 5.10 Å². The Balaban J connectivity index is 1.94. The van der Waals surface area contributed by atoms with Gasteiger partial charge >= 0.3 is 0 Å². The van der Waals surface area contributed by atoms with Gasteiger partial charge in [-0.1, -0.05) is 37.3 Å². The first-order chi connectivity index (χ1) is 13.1. The van der Waals surface area contributed by atoms with Crippen LogP contribution in [0.3, 0.4) is 0 Å². The molecule has 0 saturated carbocycles. The van der Waals surface area contributed by atoms with E-state index in [2.05, 4.69) is 28.9 Å². The topological polar surface area (TPSA) is 55.4 Å². The van der Waals surface area contributed by atoms with E-state index in [1.165, 1.54) is 0 Å². The predicted octanol–water partition coefficient (Wildman–Crippen LogP) is 2.84. The predicted molar refractivity (Wildman–Crippen MR) is 108 cm³/mol. The van der Waals surface area contributed by atoms with Gasteiger partial charge < -0.3 is 9.47 Å². The summed E-state index contributed by atoms with van der Waals surface area (Å²) in [6.45, 7) is 3.54. The lowest BCUT2D eigenvalue weighted by Crippen LogP contribution is -2.26. The molecular weight excluding hydrogens is 338 g/mol. The van der Waals surface area contributed by atoms with Crippen molar-refractivity contribution in [2.24, 2.45) is 0 Å². The number of benzene rings is 1. The van der Waals surface area contributed by atoms with Crippen LogP contribution in [0.5, 0.6) is 0 Å². The van der Waals surface area contributed by atoms with Crippen molar-refractivity contribution < 1.29 is 0 Å². The molecule has 0 aliphatic rings. The molecule has 0 unspecified atom stereocenters. The number of hydrogen-bond donors (Lipinski definition) is 0. The fourth-order valence-electron chi connectivity index (χ4n) is 3.39. The lowest BCUT2D eigenvalue weighted by atomic mass is 10.0. The van der Waals surface area contributed by atoms with Crippen LogP contribution in [0.2, 0.25) is 0 Å². The van der Waals surface area contributed by atoms with Gasteiger partial charge in [-0.15, -0.1) is 0 Å². The molecule has 4 rings (SSSR count). The monoisotopic (exact) mass is 361 g/mol. The van der Waals surface area contributed by atoms with E-state index < -0.39 is 0 Å². The maximum absolute atomic E-state index is 12.9. The van der Waals surface area contributed by atoms with E-state index >= 15 is 0 Å². The van der Waals surface area contributed by atoms with Crippen molar-refractivity contribution in [3.05, 3.63) is 64.8 Å². The second-order valence-corrected chi connectivity index (χ2v) is 6.95. The number of aromatic nitrogens is 4. The first-order valence-electron chi connectivity index (χ1n) is 9.20. The summed E-state index contributed by atoms with van der Waals surface area (Å²) in [5.74, 6) is 0. The van der Waals surface area contributed by atoms with Gasteiger partial charge in [-0.2, -0.15) is 5.10 Å². The van der Waals surface area contributed by atoms with Crippen LogP contribution in [0, 0.1) is 0 Å². The first kappa shape index (κ1) is 17.4. The Hall–Kier alpha value is -2.99. The van der Waals surface area contributed by atoms with Gasteiger partial charge in [0.05, 0.1) is 16.6 Å². The SMILES string of the molecule is CCc1nn2c(ncc3c(=O)n(CCN(C)C)ccc32)c1-c1ccccc1. The molecule has 0 spiro atoms. The van der Waals surface area contributed by atoms with E-state index in [9.17, 15) is 4.79 Å². The molecule has 27 heavy (non-hydrogen) atoms. The van der Waals surface area contributed by atoms with Crippen LogP contribution in [0.25, 0.3) is 27.7 Å². The molecule has 0 saturated heterocycles. The number of aryl methyl sites for hydroxylation is 1. The highest BCUT2D eigenvalue weighted by molar-refractivity contribution is 5.86. The van der Waals surface area contributed by atoms with Gasteiger partial charge in [0, 0.05) is 31.0 Å². The summed E-state index contributed by atoms with van der Waals surface area (Å²) >= 11 is 0. The fourth-order valence-corrected chi connectivity index (χ4v) is 3.39. The van der Waals surface area contributed by atoms with Gasteiger partial charge in [0.2, 0.25) is 0 Å². The van der Waals surface area contributed by atoms with Gasteiger partial charge in [0.15, 0.2) is 5.65 Å². The van der Waals surface area contributed by atoms with Crippen LogP contribution in [0.4, 0.5) is 0 Å². The molecule has 0 aliphatic carbocycles. The zero-order valence-corrected chi connectivity index (χ0v) is 15.9. The zero-order valence-electron chi connectivity index (χ0n) is 15.9. The smallest absolute Gasteiger partial charge is 0.261 e. The Morgan fingerprint density at radius 2 is 1.89 bits per heavy atom. The molecule has 0 atom stereocenters. The first-order valence-corrected chi connectivity index (χ1v) is 9.20. The molecule has 0 radical (unpaired) electrons. The second-order valence-electron chi connectivity index (χ2n) is 6.95. The van der Waals surface area contributed by atoms with Gasteiger partial charge in [-0.3, -0.25) is 4.79 Å². The summed E-state index contributed by atoms with van der Waals surface area (Å²) in [5.41, 5.74) is 4.67. The summed E-state index contributed by atoms with van der Waals surface area (Å²) in [4.78, 5) is 19.6. The zero-order chi connectivity index (χ0) is 19.0. The van der Waals surface area contributed by atoms with Crippen molar-refractivity contribution in [1.82, 2.24) is 24.1 Å². The van der Waals surface area contributed by atoms with Crippen molar-refractivity contribution in [2.45, 2.75) is 19.9 Å². The number of fused-ring (bicyclic) bond motifs is 3. The molecule has 3 aromatic heterocycles. The van der Waals surface area contributed by atoms with Crippen LogP contribution in [0.15, 0.2) is 53.6 Å². The Kier molecular flexibility index (Phi) is 4.49. The Morgan fingerprint density at radius 1 is 1.11 bits per heavy atom. The van der Waals surface area contributed by atoms with Crippen LogP contribution in [-0.2, 0) is 13.0 Å². The number of nitrogens with zero attached hydrogens (tertiary/aromatic N) is 5. The van der Waals surface area contributed by atoms with E-state index in [0.29, 0.717) is 11.9 Å². The lowest BCUT2D eigenvalue weighted by Gasteiger charge is -2.12. The molecule has 0 bridgehead atoms.